The van der Waals surface area contributed by atoms with Crippen LogP contribution in [-0.4, -0.2) is 58.5 Å². The van der Waals surface area contributed by atoms with Crippen LogP contribution in [0.5, 0.6) is 0 Å². The lowest BCUT2D eigenvalue weighted by Gasteiger charge is -2.28. The highest BCUT2D eigenvalue weighted by atomic mass is 16.5. The zero-order chi connectivity index (χ0) is 22.4. The molecule has 31 heavy (non-hydrogen) atoms. The largest absolute Gasteiger partial charge is 0.481 e. The number of aliphatic carboxylic acids is 1. The van der Waals surface area contributed by atoms with E-state index in [-0.39, 0.29) is 37.1 Å². The lowest BCUT2D eigenvalue weighted by atomic mass is 9.75. The van der Waals surface area contributed by atoms with Gasteiger partial charge in [0.1, 0.15) is 5.60 Å². The predicted molar refractivity (Wildman–Crippen MR) is 113 cm³/mol. The van der Waals surface area contributed by atoms with Gasteiger partial charge in [-0.15, -0.1) is 0 Å². The minimum Gasteiger partial charge on any atom is -0.481 e. The summed E-state index contributed by atoms with van der Waals surface area (Å²) in [5.74, 6) is -2.55. The van der Waals surface area contributed by atoms with Crippen LogP contribution in [0.3, 0.4) is 0 Å². The topological polar surface area (TPSA) is 113 Å². The van der Waals surface area contributed by atoms with Crippen molar-refractivity contribution in [2.75, 3.05) is 13.1 Å². The standard InChI is InChI=1S/C23H34N2O6/c1-2-3-4-5-7-14-24-17(26)11-13-23-12-10-16(31-23)19-20(23)22(30)25(21(19)29)15-8-6-9-18(27)28/h10,12,16,19-20H,2-9,11,13-15H2,1H3,(H,24,26)(H,27,28). The molecule has 2 N–H and O–H groups in total. The van der Waals surface area contributed by atoms with Crippen LogP contribution in [0.4, 0.5) is 0 Å². The van der Waals surface area contributed by atoms with Crippen molar-refractivity contribution in [3.63, 3.8) is 0 Å². The van der Waals surface area contributed by atoms with Crippen molar-refractivity contribution in [2.45, 2.75) is 82.8 Å². The van der Waals surface area contributed by atoms with Crippen molar-refractivity contribution in [2.24, 2.45) is 11.8 Å². The smallest absolute Gasteiger partial charge is 0.303 e. The number of hydrogen-bond donors (Lipinski definition) is 2. The number of imide groups is 1. The third-order valence-electron chi connectivity index (χ3n) is 6.61. The summed E-state index contributed by atoms with van der Waals surface area (Å²) in [7, 11) is 0. The highest BCUT2D eigenvalue weighted by Crippen LogP contribution is 2.53. The molecular weight excluding hydrogens is 400 g/mol. The van der Waals surface area contributed by atoms with Crippen LogP contribution >= 0.6 is 0 Å². The Kier molecular flexibility index (Phi) is 7.86. The first-order valence-corrected chi connectivity index (χ1v) is 11.6. The molecule has 0 aromatic rings. The molecular formula is C23H34N2O6. The number of carbonyl (C=O) groups excluding carboxylic acids is 3. The number of carboxylic acid groups (broad SMARTS) is 1. The molecule has 2 bridgehead atoms. The van der Waals surface area contributed by atoms with Gasteiger partial charge in [-0.3, -0.25) is 24.1 Å². The van der Waals surface area contributed by atoms with Crippen LogP contribution in [0.2, 0.25) is 0 Å². The summed E-state index contributed by atoms with van der Waals surface area (Å²) in [6.07, 6.45) is 10.4. The molecule has 2 fully saturated rings. The summed E-state index contributed by atoms with van der Waals surface area (Å²) in [6, 6.07) is 0. The molecule has 3 aliphatic heterocycles. The van der Waals surface area contributed by atoms with Gasteiger partial charge in [0.05, 0.1) is 17.9 Å². The van der Waals surface area contributed by atoms with Gasteiger partial charge in [-0.05, 0) is 25.7 Å². The second-order valence-electron chi connectivity index (χ2n) is 8.84. The summed E-state index contributed by atoms with van der Waals surface area (Å²) in [6.45, 7) is 3.06. The first-order valence-electron chi connectivity index (χ1n) is 11.6. The lowest BCUT2D eigenvalue weighted by Crippen LogP contribution is -2.41. The van der Waals surface area contributed by atoms with Gasteiger partial charge in [-0.25, -0.2) is 0 Å². The van der Waals surface area contributed by atoms with Crippen LogP contribution < -0.4 is 5.32 Å². The number of likely N-dealkylation sites (tertiary alicyclic amines) is 1. The van der Waals surface area contributed by atoms with Crippen molar-refractivity contribution in [3.8, 4) is 0 Å². The van der Waals surface area contributed by atoms with Crippen molar-refractivity contribution < 1.29 is 29.0 Å². The zero-order valence-corrected chi connectivity index (χ0v) is 18.3. The summed E-state index contributed by atoms with van der Waals surface area (Å²) in [4.78, 5) is 50.1. The van der Waals surface area contributed by atoms with Crippen molar-refractivity contribution in [3.05, 3.63) is 12.2 Å². The van der Waals surface area contributed by atoms with Gasteiger partial charge in [0.25, 0.3) is 0 Å². The molecule has 3 aliphatic rings. The molecule has 0 aromatic heterocycles. The zero-order valence-electron chi connectivity index (χ0n) is 18.3. The number of ether oxygens (including phenoxy) is 1. The van der Waals surface area contributed by atoms with E-state index in [1.807, 2.05) is 12.2 Å². The van der Waals surface area contributed by atoms with Crippen molar-refractivity contribution >= 4 is 23.7 Å². The quantitative estimate of drug-likeness (QED) is 0.247. The molecule has 8 nitrogen and oxygen atoms in total. The Bertz CT molecular complexity index is 736. The molecule has 4 atom stereocenters. The Labute approximate surface area is 183 Å². The van der Waals surface area contributed by atoms with Crippen LogP contribution in [0, 0.1) is 11.8 Å². The lowest BCUT2D eigenvalue weighted by molar-refractivity contribution is -0.145. The number of amides is 3. The van der Waals surface area contributed by atoms with Gasteiger partial charge in [0, 0.05) is 25.9 Å². The molecule has 0 saturated carbocycles. The van der Waals surface area contributed by atoms with E-state index < -0.39 is 29.5 Å². The van der Waals surface area contributed by atoms with E-state index in [2.05, 4.69) is 12.2 Å². The fraction of sp³-hybridized carbons (Fsp3) is 0.739. The number of nitrogens with one attached hydrogen (secondary N) is 1. The third kappa shape index (κ3) is 5.17. The van der Waals surface area contributed by atoms with E-state index >= 15 is 0 Å². The number of nitrogens with zero attached hydrogens (tertiary/aromatic N) is 1. The Balaban J connectivity index is 1.50. The summed E-state index contributed by atoms with van der Waals surface area (Å²) in [5, 5.41) is 11.7. The van der Waals surface area contributed by atoms with Gasteiger partial charge in [0.15, 0.2) is 0 Å². The van der Waals surface area contributed by atoms with E-state index in [1.165, 1.54) is 24.2 Å². The molecule has 0 spiro atoms. The van der Waals surface area contributed by atoms with Gasteiger partial charge in [0.2, 0.25) is 17.7 Å². The number of hydrogen-bond acceptors (Lipinski definition) is 5. The maximum Gasteiger partial charge on any atom is 0.303 e. The van der Waals surface area contributed by atoms with Crippen LogP contribution in [0.1, 0.15) is 71.1 Å². The summed E-state index contributed by atoms with van der Waals surface area (Å²) >= 11 is 0. The second-order valence-corrected chi connectivity index (χ2v) is 8.84. The average molecular weight is 435 g/mol. The highest BCUT2D eigenvalue weighted by molar-refractivity contribution is 6.07. The summed E-state index contributed by atoms with van der Waals surface area (Å²) in [5.41, 5.74) is -0.893. The number of fused-ring (bicyclic) bond motifs is 5. The average Bonchev–Trinajstić information content (AvgIpc) is 3.37. The molecule has 3 heterocycles. The first kappa shape index (κ1) is 23.4. The van der Waals surface area contributed by atoms with E-state index in [9.17, 15) is 19.2 Å². The minimum atomic E-state index is -0.893. The molecule has 2 saturated heterocycles. The number of carbonyl (C=O) groups is 4. The van der Waals surface area contributed by atoms with Crippen molar-refractivity contribution in [1.82, 2.24) is 10.2 Å². The van der Waals surface area contributed by atoms with Gasteiger partial charge in [-0.2, -0.15) is 0 Å². The molecule has 8 heteroatoms. The number of rotatable bonds is 14. The predicted octanol–water partition coefficient (Wildman–Crippen LogP) is 2.42. The van der Waals surface area contributed by atoms with Gasteiger partial charge in [-0.1, -0.05) is 44.8 Å². The van der Waals surface area contributed by atoms with E-state index in [1.54, 1.807) is 0 Å². The van der Waals surface area contributed by atoms with Gasteiger partial charge >= 0.3 is 5.97 Å². The van der Waals surface area contributed by atoms with Crippen LogP contribution in [-0.2, 0) is 23.9 Å². The SMILES string of the molecule is CCCCCCCNC(=O)CCC12C=CC(O1)C1C(=O)N(CCCCC(=O)O)C(=O)C12. The molecule has 0 aromatic carbocycles. The Morgan fingerprint density at radius 3 is 2.61 bits per heavy atom. The fourth-order valence-electron chi connectivity index (χ4n) is 4.97. The molecule has 3 amide bonds. The molecule has 3 rings (SSSR count). The van der Waals surface area contributed by atoms with E-state index in [0.29, 0.717) is 25.8 Å². The summed E-state index contributed by atoms with van der Waals surface area (Å²) < 4.78 is 6.06. The normalized spacial score (nSPS) is 28.4. The van der Waals surface area contributed by atoms with Crippen LogP contribution in [0.15, 0.2) is 12.2 Å². The van der Waals surface area contributed by atoms with E-state index in [4.69, 9.17) is 9.84 Å². The fourth-order valence-corrected chi connectivity index (χ4v) is 4.97. The van der Waals surface area contributed by atoms with Crippen molar-refractivity contribution in [1.29, 1.82) is 0 Å². The van der Waals surface area contributed by atoms with E-state index in [0.717, 1.165) is 12.8 Å². The maximum absolute atomic E-state index is 13.0. The Morgan fingerprint density at radius 1 is 1.10 bits per heavy atom. The minimum absolute atomic E-state index is 0.0218. The molecule has 0 radical (unpaired) electrons. The van der Waals surface area contributed by atoms with Crippen LogP contribution in [0.25, 0.3) is 0 Å². The Hall–Kier alpha value is -2.22. The molecule has 0 aliphatic carbocycles. The number of carboxylic acids is 1. The molecule has 4 unspecified atom stereocenters. The second kappa shape index (κ2) is 10.4. The van der Waals surface area contributed by atoms with Gasteiger partial charge < -0.3 is 15.2 Å². The highest BCUT2D eigenvalue weighted by Gasteiger charge is 2.67. The Morgan fingerprint density at radius 2 is 1.87 bits per heavy atom. The monoisotopic (exact) mass is 434 g/mol. The first-order chi connectivity index (χ1) is 14.9. The maximum atomic E-state index is 13.0. The number of unbranched alkanes of at least 4 members (excludes halogenated alkanes) is 5. The molecule has 172 valence electrons. The third-order valence-corrected chi connectivity index (χ3v) is 6.61.